The molecule has 0 radical (unpaired) electrons. The van der Waals surface area contributed by atoms with Crippen LogP contribution >= 0.6 is 0 Å². The van der Waals surface area contributed by atoms with Gasteiger partial charge in [-0.15, -0.1) is 0 Å². The topological polar surface area (TPSA) is 52.1 Å². The maximum Gasteiger partial charge on any atom is 0.243 e. The first kappa shape index (κ1) is 12.6. The normalized spacial score (nSPS) is 10.1. The van der Waals surface area contributed by atoms with Crippen molar-refractivity contribution in [2.75, 3.05) is 7.11 Å². The number of carbonyl (C=O) groups excluding carboxylic acids is 1. The van der Waals surface area contributed by atoms with Crippen LogP contribution in [0.15, 0.2) is 12.4 Å². The Hall–Kier alpha value is -1.45. The van der Waals surface area contributed by atoms with Crippen LogP contribution in [0.1, 0.15) is 49.5 Å². The Morgan fingerprint density at radius 2 is 2.00 bits per heavy atom. The third kappa shape index (κ3) is 3.61. The smallest absolute Gasteiger partial charge is 0.243 e. The van der Waals surface area contributed by atoms with Gasteiger partial charge in [-0.05, 0) is 6.42 Å². The summed E-state index contributed by atoms with van der Waals surface area (Å²) in [6, 6.07) is 0. The Balaban J connectivity index is 2.52. The zero-order chi connectivity index (χ0) is 11.8. The van der Waals surface area contributed by atoms with Crippen LogP contribution in [0.4, 0.5) is 0 Å². The molecule has 0 saturated heterocycles. The Kier molecular flexibility index (Phi) is 5.46. The molecule has 16 heavy (non-hydrogen) atoms. The molecule has 1 heterocycles. The SMILES string of the molecule is CCCCCCC(=O)c1nccnc1OC. The number of ether oxygens (including phenoxy) is 1. The molecule has 0 aliphatic rings. The molecule has 0 amide bonds. The van der Waals surface area contributed by atoms with Crippen molar-refractivity contribution >= 4 is 5.78 Å². The molecule has 0 fully saturated rings. The minimum atomic E-state index is 0.0149. The van der Waals surface area contributed by atoms with E-state index in [1.165, 1.54) is 32.3 Å². The molecule has 88 valence electrons. The van der Waals surface area contributed by atoms with Crippen molar-refractivity contribution in [1.82, 2.24) is 9.97 Å². The summed E-state index contributed by atoms with van der Waals surface area (Å²) in [5, 5.41) is 0. The highest BCUT2D eigenvalue weighted by molar-refractivity contribution is 5.96. The average Bonchev–Trinajstić information content (AvgIpc) is 2.34. The summed E-state index contributed by atoms with van der Waals surface area (Å²) >= 11 is 0. The second-order valence-corrected chi connectivity index (χ2v) is 3.65. The fraction of sp³-hybridized carbons (Fsp3) is 0.583. The van der Waals surface area contributed by atoms with Gasteiger partial charge in [0.2, 0.25) is 5.88 Å². The third-order valence-corrected chi connectivity index (χ3v) is 2.38. The van der Waals surface area contributed by atoms with Gasteiger partial charge in [0, 0.05) is 18.8 Å². The fourth-order valence-corrected chi connectivity index (χ4v) is 1.50. The van der Waals surface area contributed by atoms with Gasteiger partial charge in [-0.25, -0.2) is 9.97 Å². The number of unbranched alkanes of at least 4 members (excludes halogenated alkanes) is 3. The van der Waals surface area contributed by atoms with Gasteiger partial charge in [0.05, 0.1) is 7.11 Å². The summed E-state index contributed by atoms with van der Waals surface area (Å²) in [5.41, 5.74) is 0.349. The molecule has 0 unspecified atom stereocenters. The van der Waals surface area contributed by atoms with E-state index in [2.05, 4.69) is 16.9 Å². The molecule has 0 N–H and O–H groups in total. The van der Waals surface area contributed by atoms with E-state index in [1.54, 1.807) is 0 Å². The summed E-state index contributed by atoms with van der Waals surface area (Å²) in [7, 11) is 1.50. The van der Waals surface area contributed by atoms with Crippen LogP contribution in [0.3, 0.4) is 0 Å². The lowest BCUT2D eigenvalue weighted by atomic mass is 10.1. The van der Waals surface area contributed by atoms with Crippen LogP contribution in [-0.2, 0) is 0 Å². The zero-order valence-electron chi connectivity index (χ0n) is 9.90. The van der Waals surface area contributed by atoms with Crippen molar-refractivity contribution in [2.45, 2.75) is 39.0 Å². The van der Waals surface area contributed by atoms with Gasteiger partial charge in [-0.3, -0.25) is 4.79 Å². The molecule has 4 heteroatoms. The lowest BCUT2D eigenvalue weighted by Gasteiger charge is -2.04. The van der Waals surface area contributed by atoms with E-state index in [4.69, 9.17) is 4.74 Å². The molecule has 0 spiro atoms. The molecule has 0 atom stereocenters. The highest BCUT2D eigenvalue weighted by Gasteiger charge is 2.13. The van der Waals surface area contributed by atoms with E-state index in [0.717, 1.165) is 12.8 Å². The second kappa shape index (κ2) is 6.93. The number of methoxy groups -OCH3 is 1. The molecule has 0 saturated carbocycles. The molecule has 0 aliphatic heterocycles. The average molecular weight is 222 g/mol. The molecule has 4 nitrogen and oxygen atoms in total. The van der Waals surface area contributed by atoms with Crippen molar-refractivity contribution in [2.24, 2.45) is 0 Å². The van der Waals surface area contributed by atoms with Crippen LogP contribution in [-0.4, -0.2) is 22.9 Å². The van der Waals surface area contributed by atoms with E-state index in [-0.39, 0.29) is 5.78 Å². The number of hydrogen-bond acceptors (Lipinski definition) is 4. The van der Waals surface area contributed by atoms with Gasteiger partial charge in [0.1, 0.15) is 0 Å². The Bertz CT molecular complexity index is 340. The predicted octanol–water partition coefficient (Wildman–Crippen LogP) is 2.64. The van der Waals surface area contributed by atoms with Crippen molar-refractivity contribution in [3.05, 3.63) is 18.1 Å². The van der Waals surface area contributed by atoms with Gasteiger partial charge in [-0.1, -0.05) is 26.2 Å². The molecular formula is C12H18N2O2. The zero-order valence-corrected chi connectivity index (χ0v) is 9.90. The van der Waals surface area contributed by atoms with E-state index in [9.17, 15) is 4.79 Å². The first-order chi connectivity index (χ1) is 7.79. The number of aromatic nitrogens is 2. The number of nitrogens with zero attached hydrogens (tertiary/aromatic N) is 2. The largest absolute Gasteiger partial charge is 0.479 e. The van der Waals surface area contributed by atoms with Crippen molar-refractivity contribution in [3.8, 4) is 5.88 Å². The van der Waals surface area contributed by atoms with E-state index < -0.39 is 0 Å². The maximum absolute atomic E-state index is 11.8. The summed E-state index contributed by atoms with van der Waals surface area (Å²) in [6.45, 7) is 2.15. The monoisotopic (exact) mass is 222 g/mol. The molecular weight excluding hydrogens is 204 g/mol. The van der Waals surface area contributed by atoms with Crippen LogP contribution in [0.2, 0.25) is 0 Å². The van der Waals surface area contributed by atoms with Gasteiger partial charge < -0.3 is 4.74 Å². The summed E-state index contributed by atoms with van der Waals surface area (Å²) in [5.74, 6) is 0.337. The number of hydrogen-bond donors (Lipinski definition) is 0. The summed E-state index contributed by atoms with van der Waals surface area (Å²) in [4.78, 5) is 19.8. The summed E-state index contributed by atoms with van der Waals surface area (Å²) < 4.78 is 5.00. The maximum atomic E-state index is 11.8. The van der Waals surface area contributed by atoms with Crippen molar-refractivity contribution in [1.29, 1.82) is 0 Å². The lowest BCUT2D eigenvalue weighted by Crippen LogP contribution is -2.06. The van der Waals surface area contributed by atoms with Crippen LogP contribution in [0.25, 0.3) is 0 Å². The summed E-state index contributed by atoms with van der Waals surface area (Å²) in [6.07, 6.45) is 7.90. The molecule has 1 aromatic rings. The minimum absolute atomic E-state index is 0.0149. The highest BCUT2D eigenvalue weighted by atomic mass is 16.5. The first-order valence-electron chi connectivity index (χ1n) is 5.67. The predicted molar refractivity (Wildman–Crippen MR) is 61.7 cm³/mol. The van der Waals surface area contributed by atoms with Crippen LogP contribution < -0.4 is 4.74 Å². The van der Waals surface area contributed by atoms with Gasteiger partial charge >= 0.3 is 0 Å². The number of carbonyl (C=O) groups is 1. The van der Waals surface area contributed by atoms with Crippen molar-refractivity contribution in [3.63, 3.8) is 0 Å². The molecule has 1 rings (SSSR count). The first-order valence-corrected chi connectivity index (χ1v) is 5.67. The Morgan fingerprint density at radius 1 is 1.25 bits per heavy atom. The van der Waals surface area contributed by atoms with Gasteiger partial charge in [-0.2, -0.15) is 0 Å². The van der Waals surface area contributed by atoms with E-state index >= 15 is 0 Å². The lowest BCUT2D eigenvalue weighted by molar-refractivity contribution is 0.0970. The number of ketones is 1. The fourth-order valence-electron chi connectivity index (χ4n) is 1.50. The van der Waals surface area contributed by atoms with Crippen LogP contribution in [0.5, 0.6) is 5.88 Å². The number of Topliss-reactive ketones (excluding diaryl/α,β-unsaturated/α-hetero) is 1. The van der Waals surface area contributed by atoms with E-state index in [0.29, 0.717) is 18.0 Å². The molecule has 0 aromatic carbocycles. The quantitative estimate of drug-likeness (QED) is 0.525. The molecule has 1 aromatic heterocycles. The standard InChI is InChI=1S/C12H18N2O2/c1-3-4-5-6-7-10(15)11-12(16-2)14-9-8-13-11/h8-9H,3-7H2,1-2H3. The molecule has 0 aliphatic carbocycles. The van der Waals surface area contributed by atoms with Gasteiger partial charge in [0.15, 0.2) is 11.5 Å². The Labute approximate surface area is 96.1 Å². The third-order valence-electron chi connectivity index (χ3n) is 2.38. The number of rotatable bonds is 7. The van der Waals surface area contributed by atoms with Crippen LogP contribution in [0, 0.1) is 0 Å². The minimum Gasteiger partial charge on any atom is -0.479 e. The second-order valence-electron chi connectivity index (χ2n) is 3.65. The molecule has 0 bridgehead atoms. The highest BCUT2D eigenvalue weighted by Crippen LogP contribution is 2.14. The van der Waals surface area contributed by atoms with Crippen molar-refractivity contribution < 1.29 is 9.53 Å². The Morgan fingerprint density at radius 3 is 2.69 bits per heavy atom. The van der Waals surface area contributed by atoms with Gasteiger partial charge in [0.25, 0.3) is 0 Å². The van der Waals surface area contributed by atoms with E-state index in [1.807, 2.05) is 0 Å².